The average molecular weight is 287 g/mol. The van der Waals surface area contributed by atoms with Gasteiger partial charge in [0.1, 0.15) is 0 Å². The van der Waals surface area contributed by atoms with E-state index in [1.807, 2.05) is 0 Å². The summed E-state index contributed by atoms with van der Waals surface area (Å²) in [6, 6.07) is 7.92. The third-order valence-electron chi connectivity index (χ3n) is 5.29. The van der Waals surface area contributed by atoms with E-state index in [0.717, 1.165) is 12.6 Å². The van der Waals surface area contributed by atoms with E-state index in [1.165, 1.54) is 62.1 Å². The van der Waals surface area contributed by atoms with Crippen LogP contribution in [0.2, 0.25) is 0 Å². The highest BCUT2D eigenvalue weighted by Gasteiger charge is 2.31. The number of benzene rings is 1. The molecule has 1 aromatic rings. The smallest absolute Gasteiger partial charge is 0.0473 e. The summed E-state index contributed by atoms with van der Waals surface area (Å²) < 4.78 is 0. The average Bonchev–Trinajstić information content (AvgIpc) is 2.81. The van der Waals surface area contributed by atoms with Gasteiger partial charge in [0.2, 0.25) is 0 Å². The van der Waals surface area contributed by atoms with Gasteiger partial charge in [-0.2, -0.15) is 0 Å². The Kier molecular flexibility index (Phi) is 4.63. The standard InChI is InChI=1S/C18H29N3/c1-14-6-7-15(2)17(11-14)18(12-19)21-10-4-9-20-8-3-5-16(20)13-21/h6-7,11,16,18H,3-5,8-10,12-13,19H2,1-2H3. The molecule has 116 valence electrons. The van der Waals surface area contributed by atoms with Crippen LogP contribution in [0.25, 0.3) is 0 Å². The Labute approximate surface area is 129 Å². The molecule has 21 heavy (non-hydrogen) atoms. The van der Waals surface area contributed by atoms with E-state index in [9.17, 15) is 0 Å². The highest BCUT2D eigenvalue weighted by Crippen LogP contribution is 2.29. The fraction of sp³-hybridized carbons (Fsp3) is 0.667. The van der Waals surface area contributed by atoms with Crippen molar-refractivity contribution in [2.24, 2.45) is 5.73 Å². The van der Waals surface area contributed by atoms with Crippen LogP contribution in [0.4, 0.5) is 0 Å². The van der Waals surface area contributed by atoms with E-state index in [2.05, 4.69) is 41.8 Å². The lowest BCUT2D eigenvalue weighted by Gasteiger charge is -2.33. The van der Waals surface area contributed by atoms with Gasteiger partial charge in [-0.1, -0.05) is 23.8 Å². The molecule has 0 saturated carbocycles. The van der Waals surface area contributed by atoms with Crippen molar-refractivity contribution >= 4 is 0 Å². The Morgan fingerprint density at radius 2 is 2.00 bits per heavy atom. The van der Waals surface area contributed by atoms with Crippen molar-refractivity contribution in [3.8, 4) is 0 Å². The molecule has 0 aromatic heterocycles. The lowest BCUT2D eigenvalue weighted by Crippen LogP contribution is -2.40. The third kappa shape index (κ3) is 3.15. The molecule has 3 rings (SSSR count). The Balaban J connectivity index is 1.83. The van der Waals surface area contributed by atoms with Crippen molar-refractivity contribution in [3.05, 3.63) is 34.9 Å². The van der Waals surface area contributed by atoms with Crippen molar-refractivity contribution in [2.45, 2.75) is 45.2 Å². The van der Waals surface area contributed by atoms with E-state index in [4.69, 9.17) is 5.73 Å². The molecular weight excluding hydrogens is 258 g/mol. The normalized spacial score (nSPS) is 25.6. The zero-order valence-electron chi connectivity index (χ0n) is 13.5. The van der Waals surface area contributed by atoms with Crippen molar-refractivity contribution in [1.82, 2.24) is 9.80 Å². The number of nitrogens with zero attached hydrogens (tertiary/aromatic N) is 2. The lowest BCUT2D eigenvalue weighted by molar-refractivity contribution is 0.175. The minimum Gasteiger partial charge on any atom is -0.329 e. The SMILES string of the molecule is Cc1ccc(C)c(C(CN)N2CCCN3CCCC3C2)c1. The first-order valence-corrected chi connectivity index (χ1v) is 8.44. The first-order chi connectivity index (χ1) is 10.2. The lowest BCUT2D eigenvalue weighted by atomic mass is 9.97. The minimum atomic E-state index is 0.380. The second kappa shape index (κ2) is 6.47. The van der Waals surface area contributed by atoms with Crippen LogP contribution in [0.5, 0.6) is 0 Å². The van der Waals surface area contributed by atoms with Gasteiger partial charge in [-0.15, -0.1) is 0 Å². The molecule has 2 unspecified atom stereocenters. The van der Waals surface area contributed by atoms with Crippen molar-refractivity contribution in [1.29, 1.82) is 0 Å². The maximum Gasteiger partial charge on any atom is 0.0473 e. The largest absolute Gasteiger partial charge is 0.329 e. The van der Waals surface area contributed by atoms with Gasteiger partial charge in [0.25, 0.3) is 0 Å². The zero-order valence-corrected chi connectivity index (χ0v) is 13.5. The summed E-state index contributed by atoms with van der Waals surface area (Å²) in [5.74, 6) is 0. The van der Waals surface area contributed by atoms with Gasteiger partial charge in [-0.25, -0.2) is 0 Å². The molecule has 0 bridgehead atoms. The molecule has 1 aromatic carbocycles. The van der Waals surface area contributed by atoms with Crippen LogP contribution in [0.1, 0.15) is 42.0 Å². The number of aryl methyl sites for hydroxylation is 2. The van der Waals surface area contributed by atoms with Gasteiger partial charge in [0.05, 0.1) is 0 Å². The fourth-order valence-electron chi connectivity index (χ4n) is 4.11. The minimum absolute atomic E-state index is 0.380. The van der Waals surface area contributed by atoms with E-state index >= 15 is 0 Å². The van der Waals surface area contributed by atoms with Gasteiger partial charge in [0, 0.05) is 31.7 Å². The van der Waals surface area contributed by atoms with Crippen LogP contribution in [-0.4, -0.2) is 48.6 Å². The van der Waals surface area contributed by atoms with Gasteiger partial charge < -0.3 is 5.73 Å². The quantitative estimate of drug-likeness (QED) is 0.927. The number of fused-ring (bicyclic) bond motifs is 1. The molecule has 3 nitrogen and oxygen atoms in total. The molecule has 0 spiro atoms. The van der Waals surface area contributed by atoms with Crippen molar-refractivity contribution in [2.75, 3.05) is 32.7 Å². The predicted molar refractivity (Wildman–Crippen MR) is 88.5 cm³/mol. The maximum atomic E-state index is 6.19. The van der Waals surface area contributed by atoms with Gasteiger partial charge in [-0.3, -0.25) is 9.80 Å². The Morgan fingerprint density at radius 3 is 2.81 bits per heavy atom. The second-order valence-electron chi connectivity index (χ2n) is 6.79. The summed E-state index contributed by atoms with van der Waals surface area (Å²) in [5.41, 5.74) is 10.3. The second-order valence-corrected chi connectivity index (χ2v) is 6.79. The summed E-state index contributed by atoms with van der Waals surface area (Å²) in [4.78, 5) is 5.34. The summed E-state index contributed by atoms with van der Waals surface area (Å²) in [7, 11) is 0. The topological polar surface area (TPSA) is 32.5 Å². The summed E-state index contributed by atoms with van der Waals surface area (Å²) in [6.07, 6.45) is 4.01. The summed E-state index contributed by atoms with van der Waals surface area (Å²) >= 11 is 0. The molecule has 0 amide bonds. The van der Waals surface area contributed by atoms with E-state index in [1.54, 1.807) is 0 Å². The van der Waals surface area contributed by atoms with Gasteiger partial charge in [0.15, 0.2) is 0 Å². The van der Waals surface area contributed by atoms with E-state index in [-0.39, 0.29) is 0 Å². The molecule has 3 heteroatoms. The Morgan fingerprint density at radius 1 is 1.19 bits per heavy atom. The van der Waals surface area contributed by atoms with Crippen LogP contribution >= 0.6 is 0 Å². The fourth-order valence-corrected chi connectivity index (χ4v) is 4.11. The first kappa shape index (κ1) is 15.0. The van der Waals surface area contributed by atoms with E-state index in [0.29, 0.717) is 6.04 Å². The van der Waals surface area contributed by atoms with Gasteiger partial charge >= 0.3 is 0 Å². The molecule has 2 aliphatic heterocycles. The zero-order chi connectivity index (χ0) is 14.8. The molecule has 2 atom stereocenters. The Bertz CT molecular complexity index is 485. The van der Waals surface area contributed by atoms with Crippen molar-refractivity contribution in [3.63, 3.8) is 0 Å². The van der Waals surface area contributed by atoms with Crippen LogP contribution in [-0.2, 0) is 0 Å². The van der Waals surface area contributed by atoms with Gasteiger partial charge in [-0.05, 0) is 57.3 Å². The molecule has 2 heterocycles. The number of hydrogen-bond donors (Lipinski definition) is 1. The highest BCUT2D eigenvalue weighted by atomic mass is 15.3. The van der Waals surface area contributed by atoms with E-state index < -0.39 is 0 Å². The number of hydrogen-bond acceptors (Lipinski definition) is 3. The number of rotatable bonds is 3. The maximum absolute atomic E-state index is 6.19. The summed E-state index contributed by atoms with van der Waals surface area (Å²) in [6.45, 7) is 10.1. The summed E-state index contributed by atoms with van der Waals surface area (Å²) in [5, 5.41) is 0. The molecular formula is C18H29N3. The Hall–Kier alpha value is -0.900. The van der Waals surface area contributed by atoms with Crippen LogP contribution in [0, 0.1) is 13.8 Å². The third-order valence-corrected chi connectivity index (χ3v) is 5.29. The molecule has 0 radical (unpaired) electrons. The molecule has 2 fully saturated rings. The van der Waals surface area contributed by atoms with Crippen LogP contribution in [0.3, 0.4) is 0 Å². The highest BCUT2D eigenvalue weighted by molar-refractivity contribution is 5.33. The molecule has 0 aliphatic carbocycles. The number of nitrogens with two attached hydrogens (primary N) is 1. The van der Waals surface area contributed by atoms with Crippen molar-refractivity contribution < 1.29 is 0 Å². The van der Waals surface area contributed by atoms with Crippen LogP contribution < -0.4 is 5.73 Å². The first-order valence-electron chi connectivity index (χ1n) is 8.44. The molecule has 2 saturated heterocycles. The predicted octanol–water partition coefficient (Wildman–Crippen LogP) is 2.47. The molecule has 2 N–H and O–H groups in total. The monoisotopic (exact) mass is 287 g/mol. The molecule has 2 aliphatic rings. The van der Waals surface area contributed by atoms with Crippen LogP contribution in [0.15, 0.2) is 18.2 Å².